The van der Waals surface area contributed by atoms with Gasteiger partial charge in [0, 0.05) is 11.6 Å². The molecule has 0 spiro atoms. The van der Waals surface area contributed by atoms with Crippen LogP contribution >= 0.6 is 12.4 Å². The summed E-state index contributed by atoms with van der Waals surface area (Å²) in [5.41, 5.74) is 4.38. The second-order valence-electron chi connectivity index (χ2n) is 2.55. The number of nitro groups is 1. The Hall–Kier alpha value is -1.53. The minimum absolute atomic E-state index is 0. The molecule has 0 fully saturated rings. The van der Waals surface area contributed by atoms with Crippen molar-refractivity contribution in [3.8, 4) is 0 Å². The highest BCUT2D eigenvalue weighted by atomic mass is 35.5. The third-order valence-electron chi connectivity index (χ3n) is 1.65. The Morgan fingerprint density at radius 3 is 2.60 bits per heavy atom. The van der Waals surface area contributed by atoms with Crippen LogP contribution in [0.5, 0.6) is 0 Å². The van der Waals surface area contributed by atoms with Gasteiger partial charge in [0.05, 0.1) is 11.5 Å². The molecule has 0 aliphatic heterocycles. The molecule has 0 saturated carbocycles. The number of nitrogens with two attached hydrogens (primary N) is 1. The number of hydrogen-bond donors (Lipinski definition) is 1. The second-order valence-corrected chi connectivity index (χ2v) is 2.55. The van der Waals surface area contributed by atoms with Crippen LogP contribution in [0.15, 0.2) is 18.2 Å². The maximum absolute atomic E-state index is 12.8. The molecule has 0 unspecified atom stereocenters. The predicted octanol–water partition coefficient (Wildman–Crippen LogP) is 1.30. The molecule has 5 nitrogen and oxygen atoms in total. The standard InChI is InChI=1S/C8H7FN2O3.ClH/c9-6-2-1-5(8(12)4-10)3-7(6)11(13)14;/h1-3H,4,10H2;1H. The first kappa shape index (κ1) is 13.5. The first-order chi connectivity index (χ1) is 6.56. The van der Waals surface area contributed by atoms with Crippen LogP contribution in [-0.2, 0) is 0 Å². The van der Waals surface area contributed by atoms with E-state index >= 15 is 0 Å². The van der Waals surface area contributed by atoms with Crippen LogP contribution in [0.4, 0.5) is 10.1 Å². The van der Waals surface area contributed by atoms with Crippen LogP contribution in [0, 0.1) is 15.9 Å². The highest BCUT2D eigenvalue weighted by molar-refractivity contribution is 5.98. The van der Waals surface area contributed by atoms with Gasteiger partial charge in [-0.3, -0.25) is 14.9 Å². The molecule has 2 N–H and O–H groups in total. The van der Waals surface area contributed by atoms with Crippen molar-refractivity contribution in [1.82, 2.24) is 0 Å². The van der Waals surface area contributed by atoms with Crippen molar-refractivity contribution in [2.45, 2.75) is 0 Å². The van der Waals surface area contributed by atoms with Gasteiger partial charge < -0.3 is 5.73 Å². The summed E-state index contributed by atoms with van der Waals surface area (Å²) in [6.07, 6.45) is 0. The summed E-state index contributed by atoms with van der Waals surface area (Å²) in [6, 6.07) is 2.92. The van der Waals surface area contributed by atoms with Crippen molar-refractivity contribution >= 4 is 23.9 Å². The monoisotopic (exact) mass is 234 g/mol. The molecule has 0 aliphatic carbocycles. The molecule has 0 heterocycles. The Labute approximate surface area is 90.6 Å². The lowest BCUT2D eigenvalue weighted by Gasteiger charge is -1.98. The minimum atomic E-state index is -0.969. The Balaban J connectivity index is 0.00000196. The molecule has 0 atom stereocenters. The van der Waals surface area contributed by atoms with E-state index in [1.165, 1.54) is 0 Å². The molecule has 0 radical (unpaired) electrons. The number of carbonyl (C=O) groups excluding carboxylic acids is 1. The number of rotatable bonds is 3. The van der Waals surface area contributed by atoms with Gasteiger partial charge >= 0.3 is 5.69 Å². The zero-order valence-corrected chi connectivity index (χ0v) is 8.29. The van der Waals surface area contributed by atoms with Crippen LogP contribution in [0.2, 0.25) is 0 Å². The van der Waals surface area contributed by atoms with E-state index in [-0.39, 0.29) is 24.5 Å². The lowest BCUT2D eigenvalue weighted by molar-refractivity contribution is -0.387. The van der Waals surface area contributed by atoms with Crippen LogP contribution in [-0.4, -0.2) is 17.3 Å². The fourth-order valence-corrected chi connectivity index (χ4v) is 0.944. The van der Waals surface area contributed by atoms with Crippen molar-refractivity contribution in [2.24, 2.45) is 5.73 Å². The molecular weight excluding hydrogens is 227 g/mol. The zero-order chi connectivity index (χ0) is 10.7. The normalized spacial score (nSPS) is 9.20. The van der Waals surface area contributed by atoms with E-state index in [2.05, 4.69) is 0 Å². The summed E-state index contributed by atoms with van der Waals surface area (Å²) in [5, 5.41) is 10.3. The Bertz CT molecular complexity index is 397. The van der Waals surface area contributed by atoms with Crippen LogP contribution in [0.25, 0.3) is 0 Å². The zero-order valence-electron chi connectivity index (χ0n) is 7.47. The van der Waals surface area contributed by atoms with E-state index in [0.717, 1.165) is 18.2 Å². The smallest absolute Gasteiger partial charge is 0.305 e. The number of Topliss-reactive ketones (excluding diaryl/α,β-unsaturated/α-hetero) is 1. The summed E-state index contributed by atoms with van der Waals surface area (Å²) in [6.45, 7) is -0.261. The molecule has 0 aromatic heterocycles. The predicted molar refractivity (Wildman–Crippen MR) is 53.7 cm³/mol. The summed E-state index contributed by atoms with van der Waals surface area (Å²) < 4.78 is 12.8. The largest absolute Gasteiger partial charge is 0.324 e. The number of ketones is 1. The molecule has 0 saturated heterocycles. The lowest BCUT2D eigenvalue weighted by atomic mass is 10.1. The quantitative estimate of drug-likeness (QED) is 0.485. The van der Waals surface area contributed by atoms with Crippen LogP contribution in [0.1, 0.15) is 10.4 Å². The van der Waals surface area contributed by atoms with Gasteiger partial charge in [-0.2, -0.15) is 4.39 Å². The van der Waals surface area contributed by atoms with Gasteiger partial charge in [0.15, 0.2) is 5.78 Å². The van der Waals surface area contributed by atoms with Gasteiger partial charge in [0.2, 0.25) is 5.82 Å². The van der Waals surface area contributed by atoms with Gasteiger partial charge in [-0.25, -0.2) is 0 Å². The molecule has 1 aromatic carbocycles. The first-order valence-electron chi connectivity index (χ1n) is 3.73. The van der Waals surface area contributed by atoms with Crippen molar-refractivity contribution < 1.29 is 14.1 Å². The van der Waals surface area contributed by atoms with Crippen molar-refractivity contribution in [3.05, 3.63) is 39.7 Å². The van der Waals surface area contributed by atoms with Crippen LogP contribution in [0.3, 0.4) is 0 Å². The van der Waals surface area contributed by atoms with E-state index in [0.29, 0.717) is 0 Å². The third kappa shape index (κ3) is 2.97. The number of carbonyl (C=O) groups is 1. The van der Waals surface area contributed by atoms with Crippen molar-refractivity contribution in [3.63, 3.8) is 0 Å². The minimum Gasteiger partial charge on any atom is -0.324 e. The molecule has 82 valence electrons. The third-order valence-corrected chi connectivity index (χ3v) is 1.65. The molecule has 1 aromatic rings. The Morgan fingerprint density at radius 2 is 2.13 bits per heavy atom. The molecule has 0 aliphatic rings. The first-order valence-corrected chi connectivity index (χ1v) is 3.73. The fraction of sp³-hybridized carbons (Fsp3) is 0.125. The van der Waals surface area contributed by atoms with E-state index in [4.69, 9.17) is 5.73 Å². The summed E-state index contributed by atoms with van der Waals surface area (Å²) >= 11 is 0. The molecule has 1 rings (SSSR count). The fourth-order valence-electron chi connectivity index (χ4n) is 0.944. The maximum atomic E-state index is 12.8. The number of halogens is 2. The highest BCUT2D eigenvalue weighted by Crippen LogP contribution is 2.18. The summed E-state index contributed by atoms with van der Waals surface area (Å²) in [7, 11) is 0. The van der Waals surface area contributed by atoms with E-state index in [1.807, 2.05) is 0 Å². The van der Waals surface area contributed by atoms with Gasteiger partial charge in [-0.1, -0.05) is 0 Å². The topological polar surface area (TPSA) is 86.2 Å². The van der Waals surface area contributed by atoms with Crippen molar-refractivity contribution in [1.29, 1.82) is 0 Å². The Morgan fingerprint density at radius 1 is 1.53 bits per heavy atom. The number of nitro benzene ring substituents is 1. The summed E-state index contributed by atoms with van der Waals surface area (Å²) in [4.78, 5) is 20.5. The lowest BCUT2D eigenvalue weighted by Crippen LogP contribution is -2.13. The molecule has 0 bridgehead atoms. The van der Waals surface area contributed by atoms with Gasteiger partial charge in [0.1, 0.15) is 0 Å². The Kier molecular flexibility index (Phi) is 4.83. The highest BCUT2D eigenvalue weighted by Gasteiger charge is 2.16. The van der Waals surface area contributed by atoms with Crippen LogP contribution < -0.4 is 5.73 Å². The average Bonchev–Trinajstić information content (AvgIpc) is 2.17. The van der Waals surface area contributed by atoms with Gasteiger partial charge in [-0.15, -0.1) is 12.4 Å². The molecular formula is C8H8ClFN2O3. The number of hydrogen-bond acceptors (Lipinski definition) is 4. The molecule has 0 amide bonds. The maximum Gasteiger partial charge on any atom is 0.305 e. The van der Waals surface area contributed by atoms with Crippen molar-refractivity contribution in [2.75, 3.05) is 6.54 Å². The van der Waals surface area contributed by atoms with E-state index in [9.17, 15) is 19.3 Å². The molecule has 15 heavy (non-hydrogen) atoms. The van der Waals surface area contributed by atoms with Gasteiger partial charge in [0.25, 0.3) is 0 Å². The van der Waals surface area contributed by atoms with E-state index < -0.39 is 22.2 Å². The summed E-state index contributed by atoms with van der Waals surface area (Å²) in [5.74, 6) is -1.43. The SMILES string of the molecule is Cl.NCC(=O)c1ccc(F)c([N+](=O)[O-])c1. The van der Waals surface area contributed by atoms with Gasteiger partial charge in [-0.05, 0) is 12.1 Å². The molecule has 7 heteroatoms. The number of benzene rings is 1. The average molecular weight is 235 g/mol. The second kappa shape index (κ2) is 5.38. The number of nitrogens with zero attached hydrogens (tertiary/aromatic N) is 1. The van der Waals surface area contributed by atoms with E-state index in [1.54, 1.807) is 0 Å².